The van der Waals surface area contributed by atoms with E-state index in [4.69, 9.17) is 0 Å². The molecule has 0 radical (unpaired) electrons. The summed E-state index contributed by atoms with van der Waals surface area (Å²) < 4.78 is 11.5. The summed E-state index contributed by atoms with van der Waals surface area (Å²) in [5.41, 5.74) is 0. The molecule has 0 aliphatic carbocycles. The van der Waals surface area contributed by atoms with E-state index in [1.165, 1.54) is 5.39 Å². The topological polar surface area (TPSA) is 17.1 Å². The van der Waals surface area contributed by atoms with Crippen LogP contribution in [0.1, 0.15) is 0 Å². The average molecular weight is 222 g/mol. The van der Waals surface area contributed by atoms with Crippen LogP contribution in [0.15, 0.2) is 47.4 Å². The maximum atomic E-state index is 11.5. The van der Waals surface area contributed by atoms with E-state index in [9.17, 15) is 4.21 Å². The molecule has 0 aromatic heterocycles. The van der Waals surface area contributed by atoms with Gasteiger partial charge in [-0.25, -0.2) is 0 Å². The van der Waals surface area contributed by atoms with Gasteiger partial charge in [0.15, 0.2) is 0 Å². The molecule has 0 aliphatic heterocycles. The van der Waals surface area contributed by atoms with Crippen molar-refractivity contribution in [2.75, 3.05) is 5.08 Å². The highest BCUT2D eigenvalue weighted by Gasteiger charge is 2.01. The van der Waals surface area contributed by atoms with Crippen LogP contribution >= 0.6 is 12.6 Å². The molecule has 0 aliphatic rings. The van der Waals surface area contributed by atoms with Crippen molar-refractivity contribution in [2.45, 2.75) is 4.90 Å². The molecule has 14 heavy (non-hydrogen) atoms. The Balaban J connectivity index is 2.56. The third-order valence-electron chi connectivity index (χ3n) is 2.10. The quantitative estimate of drug-likeness (QED) is 0.773. The molecule has 0 saturated heterocycles. The van der Waals surface area contributed by atoms with Gasteiger partial charge in [0, 0.05) is 4.90 Å². The Hall–Kier alpha value is -0.800. The van der Waals surface area contributed by atoms with E-state index in [-0.39, 0.29) is 0 Å². The first-order valence-electron chi connectivity index (χ1n) is 4.29. The molecule has 0 fully saturated rings. The zero-order valence-corrected chi connectivity index (χ0v) is 9.22. The molecule has 0 heterocycles. The lowest BCUT2D eigenvalue weighted by Crippen LogP contribution is -1.91. The van der Waals surface area contributed by atoms with Gasteiger partial charge in [-0.1, -0.05) is 30.3 Å². The molecular weight excluding hydrogens is 212 g/mol. The van der Waals surface area contributed by atoms with Crippen molar-refractivity contribution in [1.29, 1.82) is 0 Å². The predicted molar refractivity (Wildman–Crippen MR) is 64.2 cm³/mol. The predicted octanol–water partition coefficient (Wildman–Crippen LogP) is 2.83. The van der Waals surface area contributed by atoms with Crippen molar-refractivity contribution < 1.29 is 4.21 Å². The minimum atomic E-state index is -0.982. The molecule has 2 rings (SSSR count). The second-order valence-electron chi connectivity index (χ2n) is 2.98. The first-order chi connectivity index (χ1) is 6.81. The van der Waals surface area contributed by atoms with Crippen molar-refractivity contribution >= 4 is 34.2 Å². The van der Waals surface area contributed by atoms with Crippen LogP contribution in [-0.2, 0) is 10.8 Å². The largest absolute Gasteiger partial charge is 0.253 e. The molecule has 0 spiro atoms. The van der Waals surface area contributed by atoms with Crippen molar-refractivity contribution in [3.05, 3.63) is 42.5 Å². The normalized spacial score (nSPS) is 12.9. The van der Waals surface area contributed by atoms with Gasteiger partial charge < -0.3 is 0 Å². The second kappa shape index (κ2) is 4.15. The van der Waals surface area contributed by atoms with Crippen LogP contribution in [0.5, 0.6) is 0 Å². The first-order valence-corrected chi connectivity index (χ1v) is 6.24. The lowest BCUT2D eigenvalue weighted by molar-refractivity contribution is 0.686. The Kier molecular flexibility index (Phi) is 2.89. The monoisotopic (exact) mass is 222 g/mol. The van der Waals surface area contributed by atoms with Crippen LogP contribution in [0.25, 0.3) is 10.8 Å². The van der Waals surface area contributed by atoms with E-state index in [0.29, 0.717) is 5.08 Å². The summed E-state index contributed by atoms with van der Waals surface area (Å²) in [6.45, 7) is 0. The highest BCUT2D eigenvalue weighted by molar-refractivity contribution is 8.00. The molecule has 1 unspecified atom stereocenters. The number of rotatable bonds is 2. The summed E-state index contributed by atoms with van der Waals surface area (Å²) in [6, 6.07) is 13.9. The van der Waals surface area contributed by atoms with Crippen LogP contribution < -0.4 is 0 Å². The minimum Gasteiger partial charge on any atom is -0.253 e. The van der Waals surface area contributed by atoms with Crippen molar-refractivity contribution in [3.8, 4) is 0 Å². The van der Waals surface area contributed by atoms with Gasteiger partial charge in [0.1, 0.15) is 0 Å². The molecular formula is C11H10OS2. The van der Waals surface area contributed by atoms with Gasteiger partial charge in [0.25, 0.3) is 0 Å². The van der Waals surface area contributed by atoms with Crippen molar-refractivity contribution in [1.82, 2.24) is 0 Å². The van der Waals surface area contributed by atoms with E-state index < -0.39 is 10.8 Å². The lowest BCUT2D eigenvalue weighted by atomic mass is 10.1. The molecule has 3 heteroatoms. The summed E-state index contributed by atoms with van der Waals surface area (Å²) in [7, 11) is -0.982. The zero-order chi connectivity index (χ0) is 9.97. The fraction of sp³-hybridized carbons (Fsp3) is 0.0909. The van der Waals surface area contributed by atoms with Gasteiger partial charge in [0.2, 0.25) is 0 Å². The standard InChI is InChI=1S/C11H10OS2/c12-14(8-13)11-6-5-9-3-1-2-4-10(9)7-11/h1-7,13H,8H2. The minimum absolute atomic E-state index is 0.373. The lowest BCUT2D eigenvalue weighted by Gasteiger charge is -2.01. The smallest absolute Gasteiger partial charge is 0.0709 e. The maximum Gasteiger partial charge on any atom is 0.0709 e. The third-order valence-corrected chi connectivity index (χ3v) is 3.82. The highest BCUT2D eigenvalue weighted by Crippen LogP contribution is 2.18. The van der Waals surface area contributed by atoms with Crippen molar-refractivity contribution in [2.24, 2.45) is 0 Å². The van der Waals surface area contributed by atoms with Crippen LogP contribution in [0, 0.1) is 0 Å². The van der Waals surface area contributed by atoms with E-state index >= 15 is 0 Å². The van der Waals surface area contributed by atoms with Gasteiger partial charge in [0.05, 0.1) is 15.9 Å². The summed E-state index contributed by atoms with van der Waals surface area (Å²) in [5, 5.41) is 2.67. The second-order valence-corrected chi connectivity index (χ2v) is 5.18. The third kappa shape index (κ3) is 1.83. The molecule has 0 N–H and O–H groups in total. The zero-order valence-electron chi connectivity index (χ0n) is 7.51. The van der Waals surface area contributed by atoms with E-state index in [1.54, 1.807) is 0 Å². The molecule has 2 aromatic carbocycles. The van der Waals surface area contributed by atoms with Crippen LogP contribution in [0.3, 0.4) is 0 Å². The van der Waals surface area contributed by atoms with Crippen LogP contribution in [-0.4, -0.2) is 9.29 Å². The fourth-order valence-electron chi connectivity index (χ4n) is 1.38. The van der Waals surface area contributed by atoms with Gasteiger partial charge >= 0.3 is 0 Å². The van der Waals surface area contributed by atoms with E-state index in [1.807, 2.05) is 42.5 Å². The Bertz CT molecular complexity index is 479. The SMILES string of the molecule is O=S(CS)c1ccc2ccccc2c1. The van der Waals surface area contributed by atoms with Gasteiger partial charge in [-0.05, 0) is 22.9 Å². The number of benzene rings is 2. The molecule has 2 aromatic rings. The molecule has 0 bridgehead atoms. The molecule has 72 valence electrons. The number of hydrogen-bond donors (Lipinski definition) is 1. The Morgan fingerprint density at radius 2 is 1.79 bits per heavy atom. The summed E-state index contributed by atoms with van der Waals surface area (Å²) in [5.74, 6) is 0. The molecule has 0 amide bonds. The fourth-order valence-corrected chi connectivity index (χ4v) is 2.46. The van der Waals surface area contributed by atoms with Gasteiger partial charge in [-0.15, -0.1) is 0 Å². The van der Waals surface area contributed by atoms with Gasteiger partial charge in [-0.2, -0.15) is 12.6 Å². The number of hydrogen-bond acceptors (Lipinski definition) is 2. The number of thiol groups is 1. The van der Waals surface area contributed by atoms with Gasteiger partial charge in [-0.3, -0.25) is 4.21 Å². The van der Waals surface area contributed by atoms with E-state index in [0.717, 1.165) is 10.3 Å². The maximum absolute atomic E-state index is 11.5. The van der Waals surface area contributed by atoms with Crippen LogP contribution in [0.4, 0.5) is 0 Å². The van der Waals surface area contributed by atoms with Crippen LogP contribution in [0.2, 0.25) is 0 Å². The Morgan fingerprint density at radius 3 is 2.50 bits per heavy atom. The first kappa shape index (κ1) is 9.74. The molecule has 0 saturated carbocycles. The molecule has 1 atom stereocenters. The highest BCUT2D eigenvalue weighted by atomic mass is 32.2. The number of fused-ring (bicyclic) bond motifs is 1. The molecule has 1 nitrogen and oxygen atoms in total. The summed E-state index contributed by atoms with van der Waals surface area (Å²) in [6.07, 6.45) is 0. The Morgan fingerprint density at radius 1 is 1.07 bits per heavy atom. The van der Waals surface area contributed by atoms with E-state index in [2.05, 4.69) is 12.6 Å². The average Bonchev–Trinajstić information content (AvgIpc) is 2.27. The summed E-state index contributed by atoms with van der Waals surface area (Å²) in [4.78, 5) is 0.846. The summed E-state index contributed by atoms with van der Waals surface area (Å²) >= 11 is 4.02. The van der Waals surface area contributed by atoms with Crippen molar-refractivity contribution in [3.63, 3.8) is 0 Å². The Labute approximate surface area is 91.0 Å².